The fourth-order valence-corrected chi connectivity index (χ4v) is 4.70. The first kappa shape index (κ1) is 20.5. The van der Waals surface area contributed by atoms with E-state index >= 15 is 0 Å². The highest BCUT2D eigenvalue weighted by atomic mass is 32.2. The molecule has 0 saturated carbocycles. The maximum Gasteiger partial charge on any atom is 0.271 e. The number of carbonyl (C=O) groups excluding carboxylic acids is 1. The van der Waals surface area contributed by atoms with Gasteiger partial charge in [-0.1, -0.05) is 24.3 Å². The van der Waals surface area contributed by atoms with Crippen molar-refractivity contribution in [3.05, 3.63) is 93.5 Å². The Morgan fingerprint density at radius 1 is 1.06 bits per heavy atom. The third-order valence-electron chi connectivity index (χ3n) is 5.20. The van der Waals surface area contributed by atoms with E-state index in [1.54, 1.807) is 48.2 Å². The summed E-state index contributed by atoms with van der Waals surface area (Å²) in [6.07, 6.45) is 0.535. The minimum atomic E-state index is -3.97. The molecule has 3 aromatic rings. The average Bonchev–Trinajstić information content (AvgIpc) is 3.18. The Morgan fingerprint density at radius 2 is 1.81 bits per heavy atom. The first-order valence-corrected chi connectivity index (χ1v) is 11.0. The molecule has 0 saturated heterocycles. The fourth-order valence-electron chi connectivity index (χ4n) is 3.53. The highest BCUT2D eigenvalue weighted by Gasteiger charge is 2.27. The number of rotatable bonds is 5. The van der Waals surface area contributed by atoms with Crippen molar-refractivity contribution in [2.75, 3.05) is 16.2 Å². The minimum absolute atomic E-state index is 0.0335. The van der Waals surface area contributed by atoms with Gasteiger partial charge in [0.15, 0.2) is 0 Å². The Morgan fingerprint density at radius 3 is 2.52 bits per heavy atom. The van der Waals surface area contributed by atoms with Crippen LogP contribution in [0.4, 0.5) is 17.1 Å². The summed E-state index contributed by atoms with van der Waals surface area (Å²) in [6, 6.07) is 17.5. The number of non-ortho nitro benzene ring substituents is 1. The molecule has 0 fully saturated rings. The molecule has 1 heterocycles. The number of aryl methyl sites for hydroxylation is 1. The number of nitro benzene ring substituents is 1. The number of anilines is 2. The van der Waals surface area contributed by atoms with Crippen LogP contribution in [0.1, 0.15) is 21.5 Å². The van der Waals surface area contributed by atoms with Crippen LogP contribution >= 0.6 is 0 Å². The maximum atomic E-state index is 12.9. The smallest absolute Gasteiger partial charge is 0.271 e. The van der Waals surface area contributed by atoms with E-state index in [1.165, 1.54) is 24.3 Å². The molecule has 9 heteroatoms. The molecule has 1 aliphatic rings. The van der Waals surface area contributed by atoms with Gasteiger partial charge in [0.25, 0.3) is 21.6 Å². The summed E-state index contributed by atoms with van der Waals surface area (Å²) in [5.41, 5.74) is 2.51. The quantitative estimate of drug-likeness (QED) is 0.481. The molecule has 1 amide bonds. The molecule has 0 bridgehead atoms. The van der Waals surface area contributed by atoms with Gasteiger partial charge in [-0.05, 0) is 54.8 Å². The van der Waals surface area contributed by atoms with Crippen molar-refractivity contribution in [3.8, 4) is 0 Å². The Hall–Kier alpha value is -3.72. The van der Waals surface area contributed by atoms with E-state index in [-0.39, 0.29) is 22.2 Å². The zero-order chi connectivity index (χ0) is 22.2. The summed E-state index contributed by atoms with van der Waals surface area (Å²) in [5.74, 6) is -0.139. The number of nitrogens with zero attached hydrogens (tertiary/aromatic N) is 2. The van der Waals surface area contributed by atoms with Gasteiger partial charge in [0.1, 0.15) is 0 Å². The molecule has 4 rings (SSSR count). The van der Waals surface area contributed by atoms with Crippen LogP contribution in [0.25, 0.3) is 0 Å². The number of nitro groups is 1. The molecular weight excluding hydrogens is 418 g/mol. The van der Waals surface area contributed by atoms with Gasteiger partial charge >= 0.3 is 0 Å². The summed E-state index contributed by atoms with van der Waals surface area (Å²) in [6.45, 7) is 2.13. The molecule has 0 atom stereocenters. The molecule has 1 N–H and O–H groups in total. The largest absolute Gasteiger partial charge is 0.308 e. The molecule has 3 aromatic carbocycles. The zero-order valence-corrected chi connectivity index (χ0v) is 17.4. The van der Waals surface area contributed by atoms with Crippen LogP contribution in [0, 0.1) is 17.0 Å². The molecule has 31 heavy (non-hydrogen) atoms. The lowest BCUT2D eigenvalue weighted by Gasteiger charge is -2.18. The van der Waals surface area contributed by atoms with E-state index in [0.29, 0.717) is 29.8 Å². The molecule has 8 nitrogen and oxygen atoms in total. The summed E-state index contributed by atoms with van der Waals surface area (Å²) >= 11 is 0. The van der Waals surface area contributed by atoms with Crippen molar-refractivity contribution < 1.29 is 18.1 Å². The summed E-state index contributed by atoms with van der Waals surface area (Å²) in [4.78, 5) is 24.9. The molecule has 0 unspecified atom stereocenters. The number of hydrogen-bond donors (Lipinski definition) is 1. The van der Waals surface area contributed by atoms with Gasteiger partial charge in [-0.25, -0.2) is 8.42 Å². The molecule has 0 aliphatic carbocycles. The fraction of sp³-hybridized carbons (Fsp3) is 0.136. The molecule has 0 radical (unpaired) electrons. The topological polar surface area (TPSA) is 110 Å². The lowest BCUT2D eigenvalue weighted by molar-refractivity contribution is -0.384. The van der Waals surface area contributed by atoms with Crippen molar-refractivity contribution in [1.82, 2.24) is 0 Å². The second kappa shape index (κ2) is 7.84. The number of hydrogen-bond acceptors (Lipinski definition) is 5. The minimum Gasteiger partial charge on any atom is -0.308 e. The van der Waals surface area contributed by atoms with Crippen LogP contribution in [0.15, 0.2) is 71.6 Å². The van der Waals surface area contributed by atoms with E-state index in [2.05, 4.69) is 4.72 Å². The summed E-state index contributed by atoms with van der Waals surface area (Å²) in [7, 11) is -3.97. The third-order valence-corrected chi connectivity index (χ3v) is 6.56. The SMILES string of the molecule is Cc1ccc([N+](=O)[O-])cc1NS(=O)(=O)c1ccc2c(c1)CCN2C(=O)c1ccccc1. The number of amides is 1. The van der Waals surface area contributed by atoms with Crippen LogP contribution in [-0.2, 0) is 16.4 Å². The molecule has 0 aromatic heterocycles. The lowest BCUT2D eigenvalue weighted by atomic mass is 10.1. The number of fused-ring (bicyclic) bond motifs is 1. The zero-order valence-electron chi connectivity index (χ0n) is 16.6. The van der Waals surface area contributed by atoms with E-state index in [9.17, 15) is 23.3 Å². The van der Waals surface area contributed by atoms with Crippen molar-refractivity contribution in [1.29, 1.82) is 0 Å². The van der Waals surface area contributed by atoms with Crippen LogP contribution < -0.4 is 9.62 Å². The van der Waals surface area contributed by atoms with Crippen molar-refractivity contribution >= 4 is 33.0 Å². The second-order valence-electron chi connectivity index (χ2n) is 7.23. The predicted octanol–water partition coefficient (Wildman–Crippen LogP) is 3.91. The molecule has 1 aliphatic heterocycles. The lowest BCUT2D eigenvalue weighted by Crippen LogP contribution is -2.28. The molecular formula is C22H19N3O5S. The van der Waals surface area contributed by atoms with E-state index in [4.69, 9.17) is 0 Å². The van der Waals surface area contributed by atoms with Crippen molar-refractivity contribution in [3.63, 3.8) is 0 Å². The van der Waals surface area contributed by atoms with Gasteiger partial charge in [0, 0.05) is 29.9 Å². The van der Waals surface area contributed by atoms with Gasteiger partial charge < -0.3 is 4.90 Å². The first-order chi connectivity index (χ1) is 14.8. The van der Waals surface area contributed by atoms with Gasteiger partial charge in [-0.3, -0.25) is 19.6 Å². The molecule has 0 spiro atoms. The highest BCUT2D eigenvalue weighted by molar-refractivity contribution is 7.92. The Labute approximate surface area is 179 Å². The van der Waals surface area contributed by atoms with Crippen molar-refractivity contribution in [2.45, 2.75) is 18.2 Å². The summed E-state index contributed by atoms with van der Waals surface area (Å²) in [5, 5.41) is 11.0. The van der Waals surface area contributed by atoms with Crippen LogP contribution in [-0.4, -0.2) is 25.8 Å². The average molecular weight is 437 g/mol. The standard InChI is InChI=1S/C22H19N3O5S/c1-15-7-8-18(25(27)28)14-20(15)23-31(29,30)19-9-10-21-17(13-19)11-12-24(21)22(26)16-5-3-2-4-6-16/h2-10,13-14,23H,11-12H2,1H3. The maximum absolute atomic E-state index is 12.9. The van der Waals surface area contributed by atoms with Gasteiger partial charge in [0.2, 0.25) is 0 Å². The van der Waals surface area contributed by atoms with Gasteiger partial charge in [-0.2, -0.15) is 0 Å². The Bertz CT molecular complexity index is 1290. The van der Waals surface area contributed by atoms with Crippen LogP contribution in [0.2, 0.25) is 0 Å². The first-order valence-electron chi connectivity index (χ1n) is 9.54. The summed E-state index contributed by atoms with van der Waals surface area (Å²) < 4.78 is 28.3. The number of nitrogens with one attached hydrogen (secondary N) is 1. The van der Waals surface area contributed by atoms with Gasteiger partial charge in [-0.15, -0.1) is 0 Å². The normalized spacial score (nSPS) is 13.0. The highest BCUT2D eigenvalue weighted by Crippen LogP contribution is 2.32. The van der Waals surface area contributed by atoms with E-state index in [0.717, 1.165) is 5.56 Å². The number of benzene rings is 3. The van der Waals surface area contributed by atoms with E-state index in [1.807, 2.05) is 6.07 Å². The Kier molecular flexibility index (Phi) is 5.20. The third kappa shape index (κ3) is 3.99. The number of sulfonamides is 1. The van der Waals surface area contributed by atoms with Gasteiger partial charge in [0.05, 0.1) is 15.5 Å². The van der Waals surface area contributed by atoms with Crippen LogP contribution in [0.5, 0.6) is 0 Å². The molecule has 158 valence electrons. The monoisotopic (exact) mass is 437 g/mol. The Balaban J connectivity index is 1.62. The predicted molar refractivity (Wildman–Crippen MR) is 117 cm³/mol. The number of carbonyl (C=O) groups is 1. The van der Waals surface area contributed by atoms with E-state index < -0.39 is 14.9 Å². The van der Waals surface area contributed by atoms with Crippen LogP contribution in [0.3, 0.4) is 0 Å². The second-order valence-corrected chi connectivity index (χ2v) is 8.91. The van der Waals surface area contributed by atoms with Crippen molar-refractivity contribution in [2.24, 2.45) is 0 Å².